The summed E-state index contributed by atoms with van der Waals surface area (Å²) >= 11 is 0. The molecule has 0 aliphatic carbocycles. The fourth-order valence-electron chi connectivity index (χ4n) is 4.20. The molecule has 0 aromatic rings. The van der Waals surface area contributed by atoms with Gasteiger partial charge in [0.25, 0.3) is 0 Å². The maximum absolute atomic E-state index is 12.4. The van der Waals surface area contributed by atoms with Crippen LogP contribution in [0.25, 0.3) is 0 Å². The summed E-state index contributed by atoms with van der Waals surface area (Å²) in [7, 11) is 2.07. The van der Waals surface area contributed by atoms with Crippen LogP contribution in [0.5, 0.6) is 0 Å². The molecule has 3 aliphatic rings. The Kier molecular flexibility index (Phi) is 4.08. The second-order valence-corrected chi connectivity index (χ2v) is 6.46. The molecule has 3 aliphatic heterocycles. The molecule has 0 aromatic carbocycles. The number of fused-ring (bicyclic) bond motifs is 2. The van der Waals surface area contributed by atoms with Gasteiger partial charge in [-0.05, 0) is 45.6 Å². The van der Waals surface area contributed by atoms with Crippen LogP contribution in [0, 0.1) is 0 Å². The summed E-state index contributed by atoms with van der Waals surface area (Å²) in [6.45, 7) is 2.65. The molecular weight excluding hydrogens is 238 g/mol. The van der Waals surface area contributed by atoms with Gasteiger partial charge in [0.1, 0.15) is 0 Å². The zero-order chi connectivity index (χ0) is 13.2. The van der Waals surface area contributed by atoms with E-state index in [1.807, 2.05) is 0 Å². The number of amides is 1. The highest BCUT2D eigenvalue weighted by molar-refractivity contribution is 5.78. The highest BCUT2D eigenvalue weighted by Crippen LogP contribution is 2.33. The van der Waals surface area contributed by atoms with Crippen molar-refractivity contribution in [2.24, 2.45) is 0 Å². The largest absolute Gasteiger partial charge is 0.342 e. The van der Waals surface area contributed by atoms with E-state index in [-0.39, 0.29) is 0 Å². The van der Waals surface area contributed by atoms with Crippen molar-refractivity contribution in [3.05, 3.63) is 0 Å². The molecule has 0 aromatic heterocycles. The van der Waals surface area contributed by atoms with Gasteiger partial charge in [0.05, 0.1) is 6.54 Å². The number of likely N-dealkylation sites (tertiary alicyclic amines) is 1. The molecule has 0 spiro atoms. The van der Waals surface area contributed by atoms with Crippen LogP contribution in [0.4, 0.5) is 0 Å². The lowest BCUT2D eigenvalue weighted by molar-refractivity contribution is -0.134. The second kappa shape index (κ2) is 5.80. The first kappa shape index (κ1) is 13.4. The zero-order valence-corrected chi connectivity index (χ0v) is 12.1. The predicted molar refractivity (Wildman–Crippen MR) is 76.0 cm³/mol. The fraction of sp³-hybridized carbons (Fsp3) is 0.933. The van der Waals surface area contributed by atoms with Gasteiger partial charge in [-0.15, -0.1) is 0 Å². The van der Waals surface area contributed by atoms with Crippen LogP contribution in [0.15, 0.2) is 0 Å². The van der Waals surface area contributed by atoms with E-state index in [1.54, 1.807) is 0 Å². The minimum atomic E-state index is 0.373. The summed E-state index contributed by atoms with van der Waals surface area (Å²) in [4.78, 5) is 17.0. The Hall–Kier alpha value is -0.610. The molecular formula is C15H27N3O. The Bertz CT molecular complexity index is 313. The van der Waals surface area contributed by atoms with Crippen molar-refractivity contribution in [2.75, 3.05) is 26.7 Å². The number of rotatable bonds is 3. The molecule has 4 nitrogen and oxygen atoms in total. The van der Waals surface area contributed by atoms with Gasteiger partial charge in [-0.3, -0.25) is 9.69 Å². The Balaban J connectivity index is 1.62. The number of hydrogen-bond acceptors (Lipinski definition) is 3. The number of carbonyl (C=O) groups is 1. The molecule has 0 saturated carbocycles. The van der Waals surface area contributed by atoms with Crippen molar-refractivity contribution in [3.63, 3.8) is 0 Å². The molecule has 108 valence electrons. The maximum Gasteiger partial charge on any atom is 0.236 e. The number of nitrogens with zero attached hydrogens (tertiary/aromatic N) is 2. The third-order valence-corrected chi connectivity index (χ3v) is 5.31. The van der Waals surface area contributed by atoms with E-state index in [2.05, 4.69) is 22.2 Å². The van der Waals surface area contributed by atoms with Crippen LogP contribution >= 0.6 is 0 Å². The summed E-state index contributed by atoms with van der Waals surface area (Å²) in [6.07, 6.45) is 8.74. The summed E-state index contributed by atoms with van der Waals surface area (Å²) in [5.41, 5.74) is 0. The topological polar surface area (TPSA) is 35.6 Å². The number of nitrogens with one attached hydrogen (secondary N) is 1. The summed E-state index contributed by atoms with van der Waals surface area (Å²) in [5, 5.41) is 3.44. The SMILES string of the molecule is CNC1CC2CCCC(C1)N2CC(=O)N1CCCC1. The number of hydrogen-bond donors (Lipinski definition) is 1. The minimum absolute atomic E-state index is 0.373. The van der Waals surface area contributed by atoms with E-state index in [1.165, 1.54) is 44.9 Å². The van der Waals surface area contributed by atoms with E-state index in [0.29, 0.717) is 30.6 Å². The van der Waals surface area contributed by atoms with Gasteiger partial charge in [0.2, 0.25) is 5.91 Å². The number of carbonyl (C=O) groups excluding carboxylic acids is 1. The molecule has 3 fully saturated rings. The minimum Gasteiger partial charge on any atom is -0.342 e. The molecule has 0 radical (unpaired) electrons. The molecule has 1 amide bonds. The molecule has 2 bridgehead atoms. The Morgan fingerprint density at radius 1 is 1.11 bits per heavy atom. The molecule has 1 N–H and O–H groups in total. The highest BCUT2D eigenvalue weighted by Gasteiger charge is 2.39. The standard InChI is InChI=1S/C15H27N3O/c1-16-12-9-13-5-4-6-14(10-12)18(13)11-15(19)17-7-2-3-8-17/h12-14,16H,2-11H2,1H3. The van der Waals surface area contributed by atoms with E-state index in [9.17, 15) is 4.79 Å². The monoisotopic (exact) mass is 265 g/mol. The average Bonchev–Trinajstić information content (AvgIpc) is 2.92. The molecule has 4 heteroatoms. The maximum atomic E-state index is 12.4. The normalized spacial score (nSPS) is 35.6. The van der Waals surface area contributed by atoms with Crippen LogP contribution < -0.4 is 5.32 Å². The lowest BCUT2D eigenvalue weighted by Crippen LogP contribution is -2.58. The zero-order valence-electron chi connectivity index (χ0n) is 12.1. The van der Waals surface area contributed by atoms with Gasteiger partial charge >= 0.3 is 0 Å². The molecule has 2 unspecified atom stereocenters. The predicted octanol–water partition coefficient (Wildman–Crippen LogP) is 1.21. The van der Waals surface area contributed by atoms with Crippen LogP contribution in [0.3, 0.4) is 0 Å². The summed E-state index contributed by atoms with van der Waals surface area (Å²) in [6, 6.07) is 1.93. The first-order chi connectivity index (χ1) is 9.28. The van der Waals surface area contributed by atoms with Gasteiger partial charge in [-0.1, -0.05) is 6.42 Å². The van der Waals surface area contributed by atoms with E-state index in [4.69, 9.17) is 0 Å². The molecule has 2 atom stereocenters. The molecule has 3 rings (SSSR count). The van der Waals surface area contributed by atoms with Crippen molar-refractivity contribution >= 4 is 5.91 Å². The van der Waals surface area contributed by atoms with Gasteiger partial charge in [0.15, 0.2) is 0 Å². The van der Waals surface area contributed by atoms with Crippen LogP contribution in [0.1, 0.15) is 44.9 Å². The van der Waals surface area contributed by atoms with Gasteiger partial charge in [0, 0.05) is 31.2 Å². The van der Waals surface area contributed by atoms with Crippen molar-refractivity contribution in [3.8, 4) is 0 Å². The fourth-order valence-corrected chi connectivity index (χ4v) is 4.20. The first-order valence-electron chi connectivity index (χ1n) is 7.98. The van der Waals surface area contributed by atoms with E-state index < -0.39 is 0 Å². The van der Waals surface area contributed by atoms with Crippen molar-refractivity contribution < 1.29 is 4.79 Å². The lowest BCUT2D eigenvalue weighted by atomic mass is 9.82. The van der Waals surface area contributed by atoms with Gasteiger partial charge in [-0.2, -0.15) is 0 Å². The quantitative estimate of drug-likeness (QED) is 0.833. The van der Waals surface area contributed by atoms with Crippen LogP contribution in [-0.4, -0.2) is 60.5 Å². The Morgan fingerprint density at radius 3 is 2.32 bits per heavy atom. The lowest BCUT2D eigenvalue weighted by Gasteiger charge is -2.48. The van der Waals surface area contributed by atoms with E-state index in [0.717, 1.165) is 13.1 Å². The van der Waals surface area contributed by atoms with Crippen LogP contribution in [-0.2, 0) is 4.79 Å². The summed E-state index contributed by atoms with van der Waals surface area (Å²) in [5.74, 6) is 0.373. The summed E-state index contributed by atoms with van der Waals surface area (Å²) < 4.78 is 0. The molecule has 3 saturated heterocycles. The third kappa shape index (κ3) is 2.79. The van der Waals surface area contributed by atoms with Gasteiger partial charge in [-0.25, -0.2) is 0 Å². The van der Waals surface area contributed by atoms with Gasteiger partial charge < -0.3 is 10.2 Å². The molecule has 3 heterocycles. The molecule has 19 heavy (non-hydrogen) atoms. The van der Waals surface area contributed by atoms with Crippen molar-refractivity contribution in [1.29, 1.82) is 0 Å². The third-order valence-electron chi connectivity index (χ3n) is 5.31. The van der Waals surface area contributed by atoms with Crippen molar-refractivity contribution in [2.45, 2.75) is 63.1 Å². The van der Waals surface area contributed by atoms with E-state index >= 15 is 0 Å². The Labute approximate surface area is 116 Å². The average molecular weight is 265 g/mol. The number of piperidine rings is 2. The Morgan fingerprint density at radius 2 is 1.74 bits per heavy atom. The highest BCUT2D eigenvalue weighted by atomic mass is 16.2. The van der Waals surface area contributed by atoms with Crippen LogP contribution in [0.2, 0.25) is 0 Å². The van der Waals surface area contributed by atoms with Crippen molar-refractivity contribution in [1.82, 2.24) is 15.1 Å². The second-order valence-electron chi connectivity index (χ2n) is 6.46. The smallest absolute Gasteiger partial charge is 0.236 e. The first-order valence-corrected chi connectivity index (χ1v) is 7.98.